The zero-order valence-electron chi connectivity index (χ0n) is 13.6. The summed E-state index contributed by atoms with van der Waals surface area (Å²) in [5.41, 5.74) is 1.62. The zero-order chi connectivity index (χ0) is 16.8. The molecular weight excluding hydrogens is 294 g/mol. The topological polar surface area (TPSA) is 84.2 Å². The van der Waals surface area contributed by atoms with Gasteiger partial charge in [0.25, 0.3) is 5.91 Å². The summed E-state index contributed by atoms with van der Waals surface area (Å²) in [4.78, 5) is 24.4. The summed E-state index contributed by atoms with van der Waals surface area (Å²) in [7, 11) is 0. The first-order chi connectivity index (χ1) is 11.0. The van der Waals surface area contributed by atoms with Gasteiger partial charge < -0.3 is 15.2 Å². The number of amides is 2. The second-order valence-corrected chi connectivity index (χ2v) is 5.31. The van der Waals surface area contributed by atoms with Gasteiger partial charge in [0.1, 0.15) is 23.1 Å². The van der Waals surface area contributed by atoms with Crippen LogP contribution in [0.4, 0.5) is 0 Å². The Hall–Kier alpha value is -2.63. The number of hydrogen-bond donors (Lipinski definition) is 2. The fourth-order valence-corrected chi connectivity index (χ4v) is 2.17. The summed E-state index contributed by atoms with van der Waals surface area (Å²) >= 11 is 0. The van der Waals surface area contributed by atoms with E-state index in [2.05, 4.69) is 15.8 Å². The highest BCUT2D eigenvalue weighted by Crippen LogP contribution is 2.24. The highest BCUT2D eigenvalue weighted by molar-refractivity contribution is 6.02. The number of nitrogens with zero attached hydrogens (tertiary/aromatic N) is 1. The van der Waals surface area contributed by atoms with Crippen LogP contribution in [0.25, 0.3) is 11.3 Å². The van der Waals surface area contributed by atoms with Crippen molar-refractivity contribution in [2.45, 2.75) is 33.2 Å². The van der Waals surface area contributed by atoms with Crippen molar-refractivity contribution >= 4 is 11.8 Å². The molecule has 0 unspecified atom stereocenters. The van der Waals surface area contributed by atoms with Crippen LogP contribution in [-0.4, -0.2) is 29.6 Å². The SMILES string of the molecule is CCCNC(=O)[C@@H](C)NC(=O)c1c(-c2ccccc2)noc1C. The molecule has 122 valence electrons. The molecule has 1 aromatic carbocycles. The van der Waals surface area contributed by atoms with Crippen molar-refractivity contribution in [3.8, 4) is 11.3 Å². The summed E-state index contributed by atoms with van der Waals surface area (Å²) < 4.78 is 5.17. The van der Waals surface area contributed by atoms with E-state index in [4.69, 9.17) is 4.52 Å². The minimum Gasteiger partial charge on any atom is -0.360 e. The third-order valence-corrected chi connectivity index (χ3v) is 3.43. The van der Waals surface area contributed by atoms with Crippen LogP contribution >= 0.6 is 0 Å². The van der Waals surface area contributed by atoms with Crippen LogP contribution < -0.4 is 10.6 Å². The van der Waals surface area contributed by atoms with Gasteiger partial charge in [0.15, 0.2) is 0 Å². The van der Waals surface area contributed by atoms with Crippen molar-refractivity contribution in [3.63, 3.8) is 0 Å². The Bertz CT molecular complexity index is 680. The summed E-state index contributed by atoms with van der Waals surface area (Å²) in [6.07, 6.45) is 0.843. The molecule has 6 nitrogen and oxygen atoms in total. The van der Waals surface area contributed by atoms with E-state index in [1.165, 1.54) is 0 Å². The van der Waals surface area contributed by atoms with Crippen LogP contribution in [0.5, 0.6) is 0 Å². The van der Waals surface area contributed by atoms with E-state index < -0.39 is 6.04 Å². The zero-order valence-corrected chi connectivity index (χ0v) is 13.6. The molecule has 0 radical (unpaired) electrons. The molecule has 0 bridgehead atoms. The Labute approximate surface area is 135 Å². The lowest BCUT2D eigenvalue weighted by Crippen LogP contribution is -2.45. The van der Waals surface area contributed by atoms with Crippen molar-refractivity contribution in [2.24, 2.45) is 0 Å². The third-order valence-electron chi connectivity index (χ3n) is 3.43. The van der Waals surface area contributed by atoms with Gasteiger partial charge in [-0.1, -0.05) is 42.4 Å². The summed E-state index contributed by atoms with van der Waals surface area (Å²) in [5.74, 6) is -0.167. The molecule has 0 aliphatic heterocycles. The number of nitrogens with one attached hydrogen (secondary N) is 2. The number of aromatic nitrogens is 1. The Balaban J connectivity index is 2.17. The first-order valence-corrected chi connectivity index (χ1v) is 7.64. The predicted octanol–water partition coefficient (Wildman–Crippen LogP) is 2.29. The van der Waals surface area contributed by atoms with Crippen LogP contribution in [-0.2, 0) is 4.79 Å². The van der Waals surface area contributed by atoms with Gasteiger partial charge in [-0.05, 0) is 20.3 Å². The number of aryl methyl sites for hydroxylation is 1. The van der Waals surface area contributed by atoms with Crippen molar-refractivity contribution in [2.75, 3.05) is 6.54 Å². The van der Waals surface area contributed by atoms with E-state index in [0.717, 1.165) is 12.0 Å². The third kappa shape index (κ3) is 3.97. The van der Waals surface area contributed by atoms with E-state index in [0.29, 0.717) is 23.6 Å². The molecule has 0 saturated heterocycles. The Morgan fingerprint density at radius 1 is 1.26 bits per heavy atom. The van der Waals surface area contributed by atoms with Gasteiger partial charge in [0.05, 0.1) is 0 Å². The molecule has 2 N–H and O–H groups in total. The summed E-state index contributed by atoms with van der Waals surface area (Å²) in [5, 5.41) is 9.41. The van der Waals surface area contributed by atoms with Gasteiger partial charge in [-0.25, -0.2) is 0 Å². The number of hydrogen-bond acceptors (Lipinski definition) is 4. The molecular formula is C17H21N3O3. The van der Waals surface area contributed by atoms with Crippen LogP contribution in [0.2, 0.25) is 0 Å². The van der Waals surface area contributed by atoms with Gasteiger partial charge in [-0.15, -0.1) is 0 Å². The lowest BCUT2D eigenvalue weighted by molar-refractivity contribution is -0.122. The molecule has 0 aliphatic carbocycles. The molecule has 1 atom stereocenters. The summed E-state index contributed by atoms with van der Waals surface area (Å²) in [6.45, 7) is 5.88. The molecule has 6 heteroatoms. The molecule has 23 heavy (non-hydrogen) atoms. The van der Waals surface area contributed by atoms with E-state index >= 15 is 0 Å². The van der Waals surface area contributed by atoms with Gasteiger partial charge in [0.2, 0.25) is 5.91 Å². The molecule has 0 fully saturated rings. The minimum atomic E-state index is -0.632. The van der Waals surface area contributed by atoms with Crippen LogP contribution in [0.15, 0.2) is 34.9 Å². The van der Waals surface area contributed by atoms with E-state index in [1.807, 2.05) is 37.3 Å². The fourth-order valence-electron chi connectivity index (χ4n) is 2.17. The van der Waals surface area contributed by atoms with Crippen LogP contribution in [0.3, 0.4) is 0 Å². The van der Waals surface area contributed by atoms with Gasteiger partial charge in [-0.3, -0.25) is 9.59 Å². The number of carbonyl (C=O) groups excluding carboxylic acids is 2. The minimum absolute atomic E-state index is 0.212. The smallest absolute Gasteiger partial charge is 0.257 e. The van der Waals surface area contributed by atoms with Crippen LogP contribution in [0.1, 0.15) is 36.4 Å². The molecule has 2 aromatic rings. The predicted molar refractivity (Wildman–Crippen MR) is 86.9 cm³/mol. The number of carbonyl (C=O) groups is 2. The lowest BCUT2D eigenvalue weighted by atomic mass is 10.1. The highest BCUT2D eigenvalue weighted by atomic mass is 16.5. The molecule has 0 aliphatic rings. The average Bonchev–Trinajstić information content (AvgIpc) is 2.95. The maximum absolute atomic E-state index is 12.5. The van der Waals surface area contributed by atoms with Gasteiger partial charge in [-0.2, -0.15) is 0 Å². The van der Waals surface area contributed by atoms with E-state index in [1.54, 1.807) is 13.8 Å². The standard InChI is InChI=1S/C17H21N3O3/c1-4-10-18-16(21)11(2)19-17(22)14-12(3)23-20-15(14)13-8-6-5-7-9-13/h5-9,11H,4,10H2,1-3H3,(H,18,21)(H,19,22)/t11-/m1/s1. The molecule has 0 spiro atoms. The Kier molecular flexibility index (Phi) is 5.51. The maximum Gasteiger partial charge on any atom is 0.257 e. The van der Waals surface area contributed by atoms with Gasteiger partial charge in [0, 0.05) is 12.1 Å². The van der Waals surface area contributed by atoms with E-state index in [-0.39, 0.29) is 11.8 Å². The molecule has 1 aromatic heterocycles. The van der Waals surface area contributed by atoms with Crippen LogP contribution in [0, 0.1) is 6.92 Å². The summed E-state index contributed by atoms with van der Waals surface area (Å²) in [6, 6.07) is 8.68. The first kappa shape index (κ1) is 16.7. The maximum atomic E-state index is 12.5. The Morgan fingerprint density at radius 3 is 2.61 bits per heavy atom. The van der Waals surface area contributed by atoms with Crippen molar-refractivity contribution in [1.29, 1.82) is 0 Å². The molecule has 0 saturated carbocycles. The second kappa shape index (κ2) is 7.58. The second-order valence-electron chi connectivity index (χ2n) is 5.31. The number of benzene rings is 1. The van der Waals surface area contributed by atoms with Crippen molar-refractivity contribution in [3.05, 3.63) is 41.7 Å². The first-order valence-electron chi connectivity index (χ1n) is 7.64. The van der Waals surface area contributed by atoms with Gasteiger partial charge >= 0.3 is 0 Å². The monoisotopic (exact) mass is 315 g/mol. The normalized spacial score (nSPS) is 11.8. The van der Waals surface area contributed by atoms with Crippen molar-refractivity contribution < 1.29 is 14.1 Å². The fraction of sp³-hybridized carbons (Fsp3) is 0.353. The lowest BCUT2D eigenvalue weighted by Gasteiger charge is -2.13. The largest absolute Gasteiger partial charge is 0.360 e. The molecule has 1 heterocycles. The number of rotatable bonds is 6. The van der Waals surface area contributed by atoms with E-state index in [9.17, 15) is 9.59 Å². The Morgan fingerprint density at radius 2 is 1.96 bits per heavy atom. The van der Waals surface area contributed by atoms with Crippen molar-refractivity contribution in [1.82, 2.24) is 15.8 Å². The average molecular weight is 315 g/mol. The molecule has 2 amide bonds. The highest BCUT2D eigenvalue weighted by Gasteiger charge is 2.24. The quantitative estimate of drug-likeness (QED) is 0.856. The molecule has 2 rings (SSSR count).